The largest absolute Gasteiger partial charge is 0.311 e. The van der Waals surface area contributed by atoms with Gasteiger partial charge in [-0.25, -0.2) is 0 Å². The van der Waals surface area contributed by atoms with Crippen LogP contribution in [0.4, 0.5) is 51.2 Å². The van der Waals surface area contributed by atoms with Crippen molar-refractivity contribution in [3.63, 3.8) is 0 Å². The van der Waals surface area contributed by atoms with Crippen LogP contribution in [0, 0.1) is 0 Å². The van der Waals surface area contributed by atoms with Crippen LogP contribution in [0.2, 0.25) is 0 Å². The number of rotatable bonds is 13. The number of aromatic nitrogens is 1. The van der Waals surface area contributed by atoms with Crippen LogP contribution in [0.3, 0.4) is 0 Å². The Kier molecular flexibility index (Phi) is 12.9. The summed E-state index contributed by atoms with van der Waals surface area (Å²) in [7, 11) is 0. The van der Waals surface area contributed by atoms with Gasteiger partial charge in [0.25, 0.3) is 0 Å². The molecule has 0 bridgehead atoms. The highest BCUT2D eigenvalue weighted by Crippen LogP contribution is 2.59. The predicted molar refractivity (Wildman–Crippen MR) is 356 cm³/mol. The maximum absolute atomic E-state index is 2.53. The van der Waals surface area contributed by atoms with Gasteiger partial charge >= 0.3 is 0 Å². The Morgan fingerprint density at radius 2 is 0.547 bits per heavy atom. The van der Waals surface area contributed by atoms with Crippen LogP contribution >= 0.6 is 0 Å². The normalized spacial score (nSPS) is 14.7. The van der Waals surface area contributed by atoms with Crippen molar-refractivity contribution < 1.29 is 4.57 Å². The average molecular weight is 1110 g/mol. The molecule has 0 radical (unpaired) electrons. The van der Waals surface area contributed by atoms with Gasteiger partial charge < -0.3 is 14.7 Å². The van der Waals surface area contributed by atoms with Gasteiger partial charge in [0.05, 0.1) is 5.69 Å². The molecule has 1 heterocycles. The van der Waals surface area contributed by atoms with E-state index < -0.39 is 0 Å². The first kappa shape index (κ1) is 51.6. The van der Waals surface area contributed by atoms with Crippen LogP contribution in [-0.4, -0.2) is 0 Å². The third-order valence-corrected chi connectivity index (χ3v) is 19.5. The molecule has 4 aliphatic carbocycles. The van der Waals surface area contributed by atoms with Gasteiger partial charge in [-0.05, 0) is 178 Å². The van der Waals surface area contributed by atoms with Crippen molar-refractivity contribution in [3.05, 3.63) is 337 Å². The molecule has 4 aliphatic rings. The topological polar surface area (TPSA) is 13.6 Å². The maximum atomic E-state index is 2.53. The van der Waals surface area contributed by atoms with Gasteiger partial charge in [-0.1, -0.05) is 208 Å². The number of anilines is 9. The zero-order chi connectivity index (χ0) is 57.0. The lowest BCUT2D eigenvalue weighted by Crippen LogP contribution is -2.40. The molecule has 2 spiro atoms. The van der Waals surface area contributed by atoms with Gasteiger partial charge in [0.2, 0.25) is 6.04 Å². The average Bonchev–Trinajstić information content (AvgIpc) is 4.54. The van der Waals surface area contributed by atoms with Crippen molar-refractivity contribution in [1.82, 2.24) is 0 Å². The number of hydrogen-bond donors (Lipinski definition) is 0. The van der Waals surface area contributed by atoms with Crippen LogP contribution < -0.4 is 19.3 Å². The number of hydrogen-bond acceptors (Lipinski definition) is 3. The third kappa shape index (κ3) is 8.77. The fraction of sp³-hybridized carbons (Fsp3) is 0.134. The Morgan fingerprint density at radius 1 is 0.256 bits per heavy atom. The molecule has 86 heavy (non-hydrogen) atoms. The highest BCUT2D eigenvalue weighted by Gasteiger charge is 2.46. The third-order valence-electron chi connectivity index (χ3n) is 19.5. The molecule has 0 N–H and O–H groups in total. The molecule has 0 atom stereocenters. The van der Waals surface area contributed by atoms with Gasteiger partial charge in [0.1, 0.15) is 0 Å². The minimum Gasteiger partial charge on any atom is -0.311 e. The molecular formula is C82H67N4+. The van der Waals surface area contributed by atoms with E-state index in [0.29, 0.717) is 0 Å². The molecule has 2 saturated carbocycles. The van der Waals surface area contributed by atoms with E-state index >= 15 is 0 Å². The lowest BCUT2D eigenvalue weighted by atomic mass is 9.76. The van der Waals surface area contributed by atoms with Gasteiger partial charge in [-0.3, -0.25) is 0 Å². The van der Waals surface area contributed by atoms with E-state index in [4.69, 9.17) is 0 Å². The molecule has 4 nitrogen and oxygen atoms in total. The summed E-state index contributed by atoms with van der Waals surface area (Å²) in [5, 5.41) is 0. The van der Waals surface area contributed by atoms with Gasteiger partial charge in [-0.15, -0.1) is 0 Å². The first-order valence-electron chi connectivity index (χ1n) is 31.0. The second kappa shape index (κ2) is 21.5. The summed E-state index contributed by atoms with van der Waals surface area (Å²) in [6, 6.07) is 108. The summed E-state index contributed by atoms with van der Waals surface area (Å²) < 4.78 is 2.35. The predicted octanol–water partition coefficient (Wildman–Crippen LogP) is 21.4. The fourth-order valence-corrected chi connectivity index (χ4v) is 15.6. The molecule has 11 aromatic carbocycles. The summed E-state index contributed by atoms with van der Waals surface area (Å²) >= 11 is 0. The number of pyridine rings is 1. The monoisotopic (exact) mass is 1110 g/mol. The van der Waals surface area contributed by atoms with Crippen molar-refractivity contribution in [2.45, 2.75) is 68.2 Å². The van der Waals surface area contributed by atoms with E-state index in [9.17, 15) is 0 Å². The summed E-state index contributed by atoms with van der Waals surface area (Å²) in [5.41, 5.74) is 26.6. The van der Waals surface area contributed by atoms with Crippen molar-refractivity contribution in [2.75, 3.05) is 14.7 Å². The van der Waals surface area contributed by atoms with Crippen LogP contribution in [-0.2, 0) is 10.8 Å². The summed E-state index contributed by atoms with van der Waals surface area (Å²) in [4.78, 5) is 7.27. The Bertz CT molecular complexity index is 4010. The van der Waals surface area contributed by atoms with E-state index in [2.05, 4.69) is 323 Å². The molecule has 12 aromatic rings. The SMILES string of the molecule is c1ccc(C(c2ccccc2)[n+]2ccc(N(c3ccc(-c4ccc(N(c5ccc(N(c6ccccc6)c6ccccc6)cc5)c5ccc6c(c5)C5(CCCC5)c5ccccc5-6)cc4)cc3)c3ccc4c(c3)C3(CCCC3)c3ccccc3-4)cc2)cc1. The first-order chi connectivity index (χ1) is 42.6. The lowest BCUT2D eigenvalue weighted by molar-refractivity contribution is -0.704. The Labute approximate surface area is 506 Å². The van der Waals surface area contributed by atoms with Crippen molar-refractivity contribution in [2.24, 2.45) is 0 Å². The van der Waals surface area contributed by atoms with Gasteiger partial charge in [-0.2, -0.15) is 4.57 Å². The van der Waals surface area contributed by atoms with Crippen LogP contribution in [0.1, 0.15) is 90.8 Å². The van der Waals surface area contributed by atoms with E-state index in [0.717, 1.165) is 39.8 Å². The highest BCUT2D eigenvalue weighted by molar-refractivity contribution is 5.89. The summed E-state index contributed by atoms with van der Waals surface area (Å²) in [6.45, 7) is 0. The zero-order valence-corrected chi connectivity index (χ0v) is 48.4. The number of para-hydroxylation sites is 2. The molecule has 0 aliphatic heterocycles. The number of nitrogens with zero attached hydrogens (tertiary/aromatic N) is 4. The molecule has 0 amide bonds. The van der Waals surface area contributed by atoms with E-state index in [1.165, 1.54) is 130 Å². The van der Waals surface area contributed by atoms with Crippen molar-refractivity contribution in [3.8, 4) is 33.4 Å². The van der Waals surface area contributed by atoms with Crippen molar-refractivity contribution in [1.29, 1.82) is 0 Å². The molecule has 0 saturated heterocycles. The molecular weight excluding hydrogens is 1040 g/mol. The lowest BCUT2D eigenvalue weighted by Gasteiger charge is -2.30. The number of benzene rings is 11. The summed E-state index contributed by atoms with van der Waals surface area (Å²) in [5.74, 6) is 0. The Hall–Kier alpha value is -10.0. The van der Waals surface area contributed by atoms with Gasteiger partial charge in [0.15, 0.2) is 12.4 Å². The standard InChI is InChI=1S/C82H67N4/c1-5-21-61(22-6-1)80(62-23-7-2-8-24-62)83-55-49-69(50-56-83)86(71-46-48-75-73-30-14-16-32-77(73)82(79(75)58-71)53-19-20-54-82)66-39-35-60(36-40-66)59-33-37-65(38-34-59)85(70-45-47-74-72-29-13-15-31-76(72)81(78(74)57-70)51-17-18-52-81)68-43-41-67(42-44-68)84(63-25-9-3-10-26-63)64-27-11-4-12-28-64/h1-16,21-50,55-58,80H,17-20,51-54H2/q+1. The Morgan fingerprint density at radius 3 is 0.942 bits per heavy atom. The minimum absolute atomic E-state index is 0.0324. The highest BCUT2D eigenvalue weighted by atomic mass is 15.2. The molecule has 16 rings (SSSR count). The Balaban J connectivity index is 0.769. The molecule has 0 unspecified atom stereocenters. The van der Waals surface area contributed by atoms with Crippen molar-refractivity contribution >= 4 is 51.2 Å². The molecule has 1 aromatic heterocycles. The summed E-state index contributed by atoms with van der Waals surface area (Å²) in [6.07, 6.45) is 14.3. The van der Waals surface area contributed by atoms with E-state index in [1.807, 2.05) is 0 Å². The van der Waals surface area contributed by atoms with E-state index in [-0.39, 0.29) is 16.9 Å². The van der Waals surface area contributed by atoms with Crippen LogP contribution in [0.5, 0.6) is 0 Å². The quantitative estimate of drug-likeness (QED) is 0.107. The van der Waals surface area contributed by atoms with E-state index in [1.54, 1.807) is 0 Å². The first-order valence-corrected chi connectivity index (χ1v) is 31.0. The van der Waals surface area contributed by atoms with Gasteiger partial charge in [0, 0.05) is 79.6 Å². The fourth-order valence-electron chi connectivity index (χ4n) is 15.6. The minimum atomic E-state index is 0.0324. The second-order valence-electron chi connectivity index (χ2n) is 24.1. The molecule has 4 heteroatoms. The van der Waals surface area contributed by atoms with Crippen LogP contribution in [0.15, 0.2) is 304 Å². The molecule has 414 valence electrons. The second-order valence-corrected chi connectivity index (χ2v) is 24.1. The zero-order valence-electron chi connectivity index (χ0n) is 48.4. The van der Waals surface area contributed by atoms with Crippen LogP contribution in [0.25, 0.3) is 33.4 Å². The molecule has 2 fully saturated rings. The smallest absolute Gasteiger partial charge is 0.208 e. The maximum Gasteiger partial charge on any atom is 0.208 e. The number of fused-ring (bicyclic) bond motifs is 10.